The van der Waals surface area contributed by atoms with E-state index in [1.807, 2.05) is 18.2 Å². The van der Waals surface area contributed by atoms with Gasteiger partial charge in [-0.3, -0.25) is 10.1 Å². The number of carbonyl (C=O) groups is 2. The first-order chi connectivity index (χ1) is 15.3. The summed E-state index contributed by atoms with van der Waals surface area (Å²) in [6, 6.07) is 5.33. The Balaban J connectivity index is 1.24. The normalized spacial score (nSPS) is 20.2. The summed E-state index contributed by atoms with van der Waals surface area (Å²) in [5, 5.41) is 2.87. The number of imide groups is 1. The zero-order valence-electron chi connectivity index (χ0n) is 18.3. The third kappa shape index (κ3) is 6.16. The molecule has 3 amide bonds. The number of nitrogens with zero attached hydrogens (tertiary/aromatic N) is 1. The Morgan fingerprint density at radius 3 is 2.62 bits per heavy atom. The first-order valence-electron chi connectivity index (χ1n) is 11.5. The number of carbonyl (C=O) groups excluding carboxylic acids is 2. The fourth-order valence-corrected chi connectivity index (χ4v) is 6.47. The van der Waals surface area contributed by atoms with E-state index in [1.54, 1.807) is 4.90 Å². The van der Waals surface area contributed by atoms with E-state index in [4.69, 9.17) is 16.3 Å². The van der Waals surface area contributed by atoms with E-state index >= 15 is 0 Å². The van der Waals surface area contributed by atoms with Gasteiger partial charge in [0.05, 0.1) is 23.1 Å². The number of amides is 3. The lowest BCUT2D eigenvalue weighted by atomic mass is 9.98. The van der Waals surface area contributed by atoms with Gasteiger partial charge in [0.25, 0.3) is 0 Å². The Bertz CT molecular complexity index is 973. The fraction of sp³-hybridized carbons (Fsp3) is 0.652. The predicted octanol–water partition coefficient (Wildman–Crippen LogP) is 3.69. The molecule has 176 valence electrons. The van der Waals surface area contributed by atoms with Crippen molar-refractivity contribution in [3.8, 4) is 5.75 Å². The van der Waals surface area contributed by atoms with Crippen molar-refractivity contribution in [2.75, 3.05) is 31.2 Å². The summed E-state index contributed by atoms with van der Waals surface area (Å²) in [7, 11) is -3.20. The van der Waals surface area contributed by atoms with Crippen molar-refractivity contribution in [3.05, 3.63) is 28.8 Å². The molecule has 1 saturated heterocycles. The van der Waals surface area contributed by atoms with E-state index < -0.39 is 9.84 Å². The van der Waals surface area contributed by atoms with Crippen LogP contribution in [-0.2, 0) is 20.0 Å². The van der Waals surface area contributed by atoms with Gasteiger partial charge in [0.15, 0.2) is 9.84 Å². The van der Waals surface area contributed by atoms with E-state index in [2.05, 4.69) is 5.32 Å². The number of benzene rings is 1. The van der Waals surface area contributed by atoms with Crippen LogP contribution in [0.3, 0.4) is 0 Å². The van der Waals surface area contributed by atoms with Crippen molar-refractivity contribution in [3.63, 3.8) is 0 Å². The minimum absolute atomic E-state index is 0.151. The average molecular weight is 483 g/mol. The molecule has 3 aliphatic rings. The maximum absolute atomic E-state index is 12.8. The van der Waals surface area contributed by atoms with Crippen LogP contribution in [0.15, 0.2) is 18.2 Å². The number of hydrogen-bond donors (Lipinski definition) is 1. The molecule has 0 aromatic heterocycles. The van der Waals surface area contributed by atoms with Crippen molar-refractivity contribution in [2.45, 2.75) is 56.8 Å². The van der Waals surface area contributed by atoms with E-state index in [1.165, 1.54) is 12.8 Å². The molecule has 32 heavy (non-hydrogen) atoms. The summed E-state index contributed by atoms with van der Waals surface area (Å²) < 4.78 is 31.5. The van der Waals surface area contributed by atoms with Crippen LogP contribution in [0, 0.1) is 5.92 Å². The van der Waals surface area contributed by atoms with Crippen LogP contribution >= 0.6 is 11.6 Å². The van der Waals surface area contributed by atoms with Crippen molar-refractivity contribution in [1.29, 1.82) is 0 Å². The third-order valence-corrected chi connectivity index (χ3v) is 8.81. The number of rotatable bonds is 12. The Morgan fingerprint density at radius 2 is 1.94 bits per heavy atom. The Labute approximate surface area is 194 Å². The maximum atomic E-state index is 12.8. The summed E-state index contributed by atoms with van der Waals surface area (Å²) in [4.78, 5) is 24.5. The second-order valence-electron chi connectivity index (χ2n) is 9.42. The molecule has 4 rings (SSSR count). The summed E-state index contributed by atoms with van der Waals surface area (Å²) in [6.45, 7) is 1.64. The average Bonchev–Trinajstić information content (AvgIpc) is 3.65. The predicted molar refractivity (Wildman–Crippen MR) is 123 cm³/mol. The van der Waals surface area contributed by atoms with Gasteiger partial charge in [-0.2, -0.15) is 0 Å². The molecule has 9 heteroatoms. The Kier molecular flexibility index (Phi) is 7.00. The molecule has 1 aromatic rings. The smallest absolute Gasteiger partial charge is 0.324 e. The number of unbranched alkanes of at least 4 members (excludes halogenated alkanes) is 2. The molecule has 0 radical (unpaired) electrons. The van der Waals surface area contributed by atoms with Crippen LogP contribution in [-0.4, -0.2) is 56.5 Å². The monoisotopic (exact) mass is 482 g/mol. The van der Waals surface area contributed by atoms with Gasteiger partial charge in [0.2, 0.25) is 5.91 Å². The first-order valence-corrected chi connectivity index (χ1v) is 13.7. The van der Waals surface area contributed by atoms with Gasteiger partial charge in [-0.05, 0) is 62.1 Å². The van der Waals surface area contributed by atoms with Crippen LogP contribution < -0.4 is 10.1 Å². The van der Waals surface area contributed by atoms with Gasteiger partial charge in [0.1, 0.15) is 5.75 Å². The van der Waals surface area contributed by atoms with Crippen molar-refractivity contribution in [1.82, 2.24) is 10.2 Å². The van der Waals surface area contributed by atoms with E-state index in [9.17, 15) is 18.0 Å². The summed E-state index contributed by atoms with van der Waals surface area (Å²) >= 11 is 6.29. The third-order valence-electron chi connectivity index (χ3n) is 6.59. The molecule has 1 aromatic carbocycles. The van der Waals surface area contributed by atoms with Gasteiger partial charge >= 0.3 is 6.03 Å². The topological polar surface area (TPSA) is 92.8 Å². The number of urea groups is 1. The lowest BCUT2D eigenvalue weighted by molar-refractivity contribution is -0.121. The highest BCUT2D eigenvalue weighted by atomic mass is 35.5. The van der Waals surface area contributed by atoms with Crippen LogP contribution in [0.4, 0.5) is 4.79 Å². The second-order valence-corrected chi connectivity index (χ2v) is 12.0. The van der Waals surface area contributed by atoms with Gasteiger partial charge < -0.3 is 9.64 Å². The molecule has 3 fully saturated rings. The van der Waals surface area contributed by atoms with Gasteiger partial charge in [-0.1, -0.05) is 24.1 Å². The maximum Gasteiger partial charge on any atom is 0.324 e. The standard InChI is InChI=1S/C23H31ClN2O5S/c24-19-7-6-18(14-20(19)31-15-17-4-5-17)23(9-10-23)16-32(29,30)13-3-1-2-11-26-12-8-21(27)25-22(26)28/h6-7,14,17H,1-5,8-13,15-16H2,(H,25,27,28). The number of sulfone groups is 1. The molecular weight excluding hydrogens is 452 g/mol. The van der Waals surface area contributed by atoms with Crippen LogP contribution in [0.25, 0.3) is 0 Å². The van der Waals surface area contributed by atoms with Crippen LogP contribution in [0.1, 0.15) is 56.9 Å². The first kappa shape index (κ1) is 23.4. The highest BCUT2D eigenvalue weighted by Gasteiger charge is 2.47. The zero-order valence-corrected chi connectivity index (χ0v) is 19.8. The van der Waals surface area contributed by atoms with Crippen molar-refractivity contribution >= 4 is 33.4 Å². The van der Waals surface area contributed by atoms with Crippen molar-refractivity contribution in [2.24, 2.45) is 5.92 Å². The summed E-state index contributed by atoms with van der Waals surface area (Å²) in [6.07, 6.45) is 6.46. The molecule has 0 unspecified atom stereocenters. The summed E-state index contributed by atoms with van der Waals surface area (Å²) in [5.74, 6) is 1.34. The Hall–Kier alpha value is -1.80. The highest BCUT2D eigenvalue weighted by Crippen LogP contribution is 2.50. The summed E-state index contributed by atoms with van der Waals surface area (Å²) in [5.41, 5.74) is 0.682. The Morgan fingerprint density at radius 1 is 1.16 bits per heavy atom. The van der Waals surface area contributed by atoms with E-state index in [0.717, 1.165) is 31.2 Å². The van der Waals surface area contributed by atoms with Crippen molar-refractivity contribution < 1.29 is 22.7 Å². The highest BCUT2D eigenvalue weighted by molar-refractivity contribution is 7.91. The minimum Gasteiger partial charge on any atom is -0.492 e. The van der Waals surface area contributed by atoms with Crippen LogP contribution in [0.5, 0.6) is 5.75 Å². The number of halogens is 1. The molecule has 1 N–H and O–H groups in total. The van der Waals surface area contributed by atoms with Gasteiger partial charge in [-0.15, -0.1) is 0 Å². The minimum atomic E-state index is -3.20. The molecule has 0 atom stereocenters. The molecule has 0 spiro atoms. The van der Waals surface area contributed by atoms with Crippen LogP contribution in [0.2, 0.25) is 5.02 Å². The van der Waals surface area contributed by atoms with E-state index in [-0.39, 0.29) is 28.9 Å². The molecule has 1 heterocycles. The zero-order chi connectivity index (χ0) is 22.8. The largest absolute Gasteiger partial charge is 0.492 e. The van der Waals surface area contributed by atoms with Gasteiger partial charge in [-0.25, -0.2) is 13.2 Å². The molecular formula is C23H31ClN2O5S. The quantitative estimate of drug-likeness (QED) is 0.458. The number of ether oxygens (including phenoxy) is 1. The molecule has 2 saturated carbocycles. The molecule has 0 bridgehead atoms. The lowest BCUT2D eigenvalue weighted by Gasteiger charge is -2.26. The molecule has 1 aliphatic heterocycles. The SMILES string of the molecule is O=C1CCN(CCCCCS(=O)(=O)CC2(c3ccc(Cl)c(OCC4CC4)c3)CC2)C(=O)N1. The number of hydrogen-bond acceptors (Lipinski definition) is 5. The second kappa shape index (κ2) is 9.59. The van der Waals surface area contributed by atoms with E-state index in [0.29, 0.717) is 49.2 Å². The van der Waals surface area contributed by atoms with Gasteiger partial charge in [0, 0.05) is 24.9 Å². The number of nitrogens with one attached hydrogen (secondary N) is 1. The molecule has 7 nitrogen and oxygen atoms in total. The lowest BCUT2D eigenvalue weighted by Crippen LogP contribution is -2.49. The fourth-order valence-electron chi connectivity index (χ4n) is 4.21. The molecule has 2 aliphatic carbocycles.